The smallest absolute Gasteiger partial charge is 0.418 e. The van der Waals surface area contributed by atoms with Crippen LogP contribution < -0.4 is 0 Å². The maximum absolute atomic E-state index is 12.7. The van der Waals surface area contributed by atoms with Gasteiger partial charge in [-0.2, -0.15) is 5.26 Å². The van der Waals surface area contributed by atoms with E-state index in [1.807, 2.05) is 64.2 Å². The highest BCUT2D eigenvalue weighted by atomic mass is 16.6. The molecular formula is C20H29N3O3. The number of rotatable bonds is 8. The highest BCUT2D eigenvalue weighted by Gasteiger charge is 2.28. The minimum Gasteiger partial charge on any atom is -0.444 e. The Hall–Kier alpha value is -2.55. The molecule has 1 aromatic rings. The molecule has 0 atom stereocenters. The predicted octanol–water partition coefficient (Wildman–Crippen LogP) is 4.62. The van der Waals surface area contributed by atoms with Crippen molar-refractivity contribution in [2.24, 2.45) is 11.8 Å². The summed E-state index contributed by atoms with van der Waals surface area (Å²) < 4.78 is 5.29. The molecule has 0 bridgehead atoms. The fourth-order valence-corrected chi connectivity index (χ4v) is 2.17. The Bertz CT molecular complexity index is 608. The van der Waals surface area contributed by atoms with Crippen molar-refractivity contribution < 1.29 is 14.3 Å². The predicted molar refractivity (Wildman–Crippen MR) is 100.0 cm³/mol. The summed E-state index contributed by atoms with van der Waals surface area (Å²) in [6.45, 7) is 8.66. The van der Waals surface area contributed by atoms with Crippen LogP contribution in [0.15, 0.2) is 30.3 Å². The normalized spacial score (nSPS) is 10.5. The first-order valence-corrected chi connectivity index (χ1v) is 9.04. The fourth-order valence-electron chi connectivity index (χ4n) is 2.17. The summed E-state index contributed by atoms with van der Waals surface area (Å²) in [5, 5.41) is 9.30. The van der Waals surface area contributed by atoms with E-state index >= 15 is 0 Å². The average Bonchev–Trinajstić information content (AvgIpc) is 2.61. The Morgan fingerprint density at radius 1 is 1.04 bits per heavy atom. The van der Waals surface area contributed by atoms with Crippen molar-refractivity contribution in [1.82, 2.24) is 9.80 Å². The zero-order valence-corrected chi connectivity index (χ0v) is 16.1. The van der Waals surface area contributed by atoms with Gasteiger partial charge in [0.25, 0.3) is 0 Å². The third-order valence-corrected chi connectivity index (χ3v) is 3.87. The second-order valence-corrected chi connectivity index (χ2v) is 7.09. The zero-order valence-electron chi connectivity index (χ0n) is 16.1. The molecule has 0 saturated heterocycles. The molecule has 0 saturated carbocycles. The van der Waals surface area contributed by atoms with E-state index in [-0.39, 0.29) is 19.7 Å². The summed E-state index contributed by atoms with van der Waals surface area (Å²) >= 11 is 0. The maximum Gasteiger partial charge on any atom is 0.418 e. The van der Waals surface area contributed by atoms with Gasteiger partial charge in [0.15, 0.2) is 6.19 Å². The van der Waals surface area contributed by atoms with Crippen LogP contribution in [0.3, 0.4) is 0 Å². The molecule has 0 aliphatic rings. The molecule has 0 aliphatic heterocycles. The molecule has 0 radical (unpaired) electrons. The summed E-state index contributed by atoms with van der Waals surface area (Å²) in [7, 11) is 0. The van der Waals surface area contributed by atoms with E-state index in [1.54, 1.807) is 0 Å². The quantitative estimate of drug-likeness (QED) is 0.501. The molecular weight excluding hydrogens is 330 g/mol. The lowest BCUT2D eigenvalue weighted by molar-refractivity contribution is 0.0961. The highest BCUT2D eigenvalue weighted by Crippen LogP contribution is 2.11. The summed E-state index contributed by atoms with van der Waals surface area (Å²) in [5.74, 6) is 0.672. The number of urea groups is 1. The SMILES string of the molecule is CC(C)CCN(C#N)C(=O)N(CCC(C)C)C(=O)OCc1ccccc1. The van der Waals surface area contributed by atoms with E-state index in [2.05, 4.69) is 0 Å². The standard InChI is InChI=1S/C20H29N3O3/c1-16(2)10-12-22(15-21)19(24)23(13-11-17(3)4)20(25)26-14-18-8-6-5-7-9-18/h5-9,16-17H,10-14H2,1-4H3. The van der Waals surface area contributed by atoms with E-state index < -0.39 is 12.1 Å². The van der Waals surface area contributed by atoms with Crippen LogP contribution in [0.4, 0.5) is 9.59 Å². The number of imide groups is 1. The Kier molecular flexibility index (Phi) is 9.21. The number of carbonyl (C=O) groups excluding carboxylic acids is 2. The Labute approximate surface area is 156 Å². The molecule has 3 amide bonds. The monoisotopic (exact) mass is 359 g/mol. The number of hydrogen-bond donors (Lipinski definition) is 0. The number of nitrogens with zero attached hydrogens (tertiary/aromatic N) is 3. The molecule has 0 aliphatic carbocycles. The van der Waals surface area contributed by atoms with Crippen molar-refractivity contribution in [3.05, 3.63) is 35.9 Å². The molecule has 0 spiro atoms. The minimum atomic E-state index is -0.718. The van der Waals surface area contributed by atoms with Gasteiger partial charge in [0.05, 0.1) is 0 Å². The van der Waals surface area contributed by atoms with Crippen molar-refractivity contribution >= 4 is 12.1 Å². The van der Waals surface area contributed by atoms with Crippen LogP contribution in [-0.2, 0) is 11.3 Å². The topological polar surface area (TPSA) is 73.6 Å². The van der Waals surface area contributed by atoms with E-state index in [1.165, 1.54) is 0 Å². The lowest BCUT2D eigenvalue weighted by Crippen LogP contribution is -2.45. The molecule has 1 rings (SSSR count). The number of nitriles is 1. The van der Waals surface area contributed by atoms with Crippen LogP contribution >= 0.6 is 0 Å². The van der Waals surface area contributed by atoms with Gasteiger partial charge in [0.2, 0.25) is 0 Å². The molecule has 0 fully saturated rings. The number of amides is 3. The average molecular weight is 359 g/mol. The van der Waals surface area contributed by atoms with Crippen molar-refractivity contribution in [2.75, 3.05) is 13.1 Å². The van der Waals surface area contributed by atoms with Gasteiger partial charge in [-0.15, -0.1) is 0 Å². The molecule has 1 aromatic carbocycles. The first kappa shape index (κ1) is 21.5. The zero-order chi connectivity index (χ0) is 19.5. The number of benzene rings is 1. The van der Waals surface area contributed by atoms with Gasteiger partial charge < -0.3 is 4.74 Å². The van der Waals surface area contributed by atoms with E-state index in [4.69, 9.17) is 4.74 Å². The molecule has 0 unspecified atom stereocenters. The van der Waals surface area contributed by atoms with Crippen LogP contribution in [0, 0.1) is 23.3 Å². The number of ether oxygens (including phenoxy) is 1. The third kappa shape index (κ3) is 7.56. The van der Waals surface area contributed by atoms with Crippen LogP contribution in [0.2, 0.25) is 0 Å². The maximum atomic E-state index is 12.7. The molecule has 142 valence electrons. The molecule has 0 N–H and O–H groups in total. The van der Waals surface area contributed by atoms with Crippen LogP contribution in [0.25, 0.3) is 0 Å². The van der Waals surface area contributed by atoms with Gasteiger partial charge in [-0.3, -0.25) is 0 Å². The number of hydrogen-bond acceptors (Lipinski definition) is 4. The second-order valence-electron chi connectivity index (χ2n) is 7.09. The fraction of sp³-hybridized carbons (Fsp3) is 0.550. The van der Waals surface area contributed by atoms with E-state index in [0.29, 0.717) is 24.7 Å². The van der Waals surface area contributed by atoms with Gasteiger partial charge in [-0.1, -0.05) is 58.0 Å². The van der Waals surface area contributed by atoms with Crippen LogP contribution in [-0.4, -0.2) is 35.0 Å². The number of carbonyl (C=O) groups is 2. The van der Waals surface area contributed by atoms with Crippen molar-refractivity contribution in [2.45, 2.75) is 47.1 Å². The molecule has 6 heteroatoms. The first-order chi connectivity index (χ1) is 12.3. The second kappa shape index (κ2) is 11.1. The largest absolute Gasteiger partial charge is 0.444 e. The van der Waals surface area contributed by atoms with Gasteiger partial charge in [-0.25, -0.2) is 19.4 Å². The Balaban J connectivity index is 2.79. The highest BCUT2D eigenvalue weighted by molar-refractivity contribution is 5.91. The van der Waals surface area contributed by atoms with Crippen molar-refractivity contribution in [1.29, 1.82) is 5.26 Å². The summed E-state index contributed by atoms with van der Waals surface area (Å²) in [6.07, 6.45) is 2.51. The minimum absolute atomic E-state index is 0.0870. The Morgan fingerprint density at radius 2 is 1.62 bits per heavy atom. The van der Waals surface area contributed by atoms with Crippen molar-refractivity contribution in [3.8, 4) is 6.19 Å². The Morgan fingerprint density at radius 3 is 2.15 bits per heavy atom. The summed E-state index contributed by atoms with van der Waals surface area (Å²) in [6, 6.07) is 8.66. The summed E-state index contributed by atoms with van der Waals surface area (Å²) in [4.78, 5) is 27.2. The van der Waals surface area contributed by atoms with Gasteiger partial charge in [-0.05, 0) is 30.2 Å². The van der Waals surface area contributed by atoms with Crippen LogP contribution in [0.1, 0.15) is 46.1 Å². The summed E-state index contributed by atoms with van der Waals surface area (Å²) in [5.41, 5.74) is 0.842. The van der Waals surface area contributed by atoms with Gasteiger partial charge in [0.1, 0.15) is 6.61 Å². The van der Waals surface area contributed by atoms with Crippen molar-refractivity contribution in [3.63, 3.8) is 0 Å². The van der Waals surface area contributed by atoms with E-state index in [9.17, 15) is 14.9 Å². The van der Waals surface area contributed by atoms with Gasteiger partial charge >= 0.3 is 12.1 Å². The first-order valence-electron chi connectivity index (χ1n) is 9.04. The third-order valence-electron chi connectivity index (χ3n) is 3.87. The van der Waals surface area contributed by atoms with E-state index in [0.717, 1.165) is 15.4 Å². The lowest BCUT2D eigenvalue weighted by atomic mass is 10.1. The lowest BCUT2D eigenvalue weighted by Gasteiger charge is -2.25. The molecule has 26 heavy (non-hydrogen) atoms. The molecule has 0 aromatic heterocycles. The van der Waals surface area contributed by atoms with Crippen LogP contribution in [0.5, 0.6) is 0 Å². The molecule has 0 heterocycles. The van der Waals surface area contributed by atoms with Gasteiger partial charge in [0, 0.05) is 13.1 Å². The molecule has 6 nitrogen and oxygen atoms in total.